The number of nitrogens with one attached hydrogen (secondary N) is 1. The Balaban J connectivity index is 3.27. The lowest BCUT2D eigenvalue weighted by Crippen LogP contribution is -2.24. The van der Waals surface area contributed by atoms with Crippen molar-refractivity contribution in [3.63, 3.8) is 0 Å². The summed E-state index contributed by atoms with van der Waals surface area (Å²) in [7, 11) is -8.22. The highest BCUT2D eigenvalue weighted by Gasteiger charge is 2.22. The predicted octanol–water partition coefficient (Wildman–Crippen LogP) is 0.127. The predicted molar refractivity (Wildman–Crippen MR) is 65.4 cm³/mol. The summed E-state index contributed by atoms with van der Waals surface area (Å²) in [5, 5.41) is 11.9. The van der Waals surface area contributed by atoms with Gasteiger partial charge in [0.15, 0.2) is 5.25 Å². The number of anilines is 1. The SMILES string of the molecule is CC(C#N)S(=O)(=O)Nc1cc(S(N)(=O)=O)ccc1F. The molecule has 3 N–H and O–H groups in total. The number of sulfonamides is 2. The van der Waals surface area contributed by atoms with E-state index in [1.165, 1.54) is 6.07 Å². The van der Waals surface area contributed by atoms with Gasteiger partial charge < -0.3 is 0 Å². The van der Waals surface area contributed by atoms with E-state index in [-0.39, 0.29) is 0 Å². The van der Waals surface area contributed by atoms with E-state index in [0.717, 1.165) is 25.1 Å². The number of hydrogen-bond donors (Lipinski definition) is 2. The molecule has 1 atom stereocenters. The highest BCUT2D eigenvalue weighted by molar-refractivity contribution is 7.93. The van der Waals surface area contributed by atoms with Crippen LogP contribution in [0.15, 0.2) is 23.1 Å². The van der Waals surface area contributed by atoms with E-state index in [9.17, 15) is 21.2 Å². The maximum Gasteiger partial charge on any atom is 0.248 e. The fourth-order valence-corrected chi connectivity index (χ4v) is 2.39. The Labute approximate surface area is 109 Å². The molecule has 10 heteroatoms. The van der Waals surface area contributed by atoms with E-state index >= 15 is 0 Å². The van der Waals surface area contributed by atoms with Crippen molar-refractivity contribution in [3.8, 4) is 6.07 Å². The molecular formula is C9H10FN3O4S2. The highest BCUT2D eigenvalue weighted by atomic mass is 32.2. The molecule has 1 unspecified atom stereocenters. The van der Waals surface area contributed by atoms with Crippen LogP contribution in [0.1, 0.15) is 6.92 Å². The third-order valence-corrected chi connectivity index (χ3v) is 4.62. The maximum absolute atomic E-state index is 13.4. The summed E-state index contributed by atoms with van der Waals surface area (Å²) in [5.41, 5.74) is -0.589. The van der Waals surface area contributed by atoms with E-state index in [1.807, 2.05) is 0 Å². The first-order chi connectivity index (χ1) is 8.58. The zero-order valence-electron chi connectivity index (χ0n) is 9.66. The van der Waals surface area contributed by atoms with Gasteiger partial charge in [-0.3, -0.25) is 4.72 Å². The second kappa shape index (κ2) is 5.12. The van der Waals surface area contributed by atoms with Crippen molar-refractivity contribution in [2.75, 3.05) is 4.72 Å². The van der Waals surface area contributed by atoms with Gasteiger partial charge in [0.1, 0.15) is 5.82 Å². The lowest BCUT2D eigenvalue weighted by molar-refractivity contribution is 0.591. The second-order valence-corrected chi connectivity index (χ2v) is 7.17. The van der Waals surface area contributed by atoms with Gasteiger partial charge in [-0.15, -0.1) is 0 Å². The van der Waals surface area contributed by atoms with Crippen LogP contribution < -0.4 is 9.86 Å². The van der Waals surface area contributed by atoms with Crippen LogP contribution in [-0.2, 0) is 20.0 Å². The summed E-state index contributed by atoms with van der Waals surface area (Å²) < 4.78 is 60.5. The largest absolute Gasteiger partial charge is 0.279 e. The Bertz CT molecular complexity index is 737. The average Bonchev–Trinajstić information content (AvgIpc) is 2.29. The highest BCUT2D eigenvalue weighted by Crippen LogP contribution is 2.20. The molecule has 7 nitrogen and oxygen atoms in total. The molecule has 0 aliphatic rings. The van der Waals surface area contributed by atoms with E-state index in [0.29, 0.717) is 0 Å². The fourth-order valence-electron chi connectivity index (χ4n) is 1.07. The summed E-state index contributed by atoms with van der Waals surface area (Å²) in [6.07, 6.45) is 0. The zero-order chi connectivity index (χ0) is 14.8. The van der Waals surface area contributed by atoms with Gasteiger partial charge in [-0.05, 0) is 25.1 Å². The van der Waals surface area contributed by atoms with Crippen LogP contribution in [0.5, 0.6) is 0 Å². The smallest absolute Gasteiger partial charge is 0.248 e. The molecule has 0 bridgehead atoms. The minimum absolute atomic E-state index is 0.448. The van der Waals surface area contributed by atoms with Gasteiger partial charge in [0.05, 0.1) is 16.7 Å². The number of nitriles is 1. The molecule has 0 fully saturated rings. The summed E-state index contributed by atoms with van der Waals surface area (Å²) in [5.74, 6) is -0.985. The lowest BCUT2D eigenvalue weighted by atomic mass is 10.3. The first-order valence-corrected chi connectivity index (χ1v) is 7.91. The molecule has 1 rings (SSSR count). The van der Waals surface area contributed by atoms with Crippen molar-refractivity contribution in [2.45, 2.75) is 17.1 Å². The number of hydrogen-bond acceptors (Lipinski definition) is 5. The van der Waals surface area contributed by atoms with Gasteiger partial charge in [0.2, 0.25) is 20.0 Å². The lowest BCUT2D eigenvalue weighted by Gasteiger charge is -2.10. The van der Waals surface area contributed by atoms with Crippen LogP contribution in [-0.4, -0.2) is 22.1 Å². The number of rotatable bonds is 4. The van der Waals surface area contributed by atoms with Gasteiger partial charge in [0, 0.05) is 0 Å². The van der Waals surface area contributed by atoms with Gasteiger partial charge in [-0.25, -0.2) is 26.4 Å². The Morgan fingerprint density at radius 3 is 2.42 bits per heavy atom. The molecule has 0 aliphatic heterocycles. The molecule has 0 radical (unpaired) electrons. The van der Waals surface area contributed by atoms with Crippen LogP contribution in [0.25, 0.3) is 0 Å². The number of benzene rings is 1. The van der Waals surface area contributed by atoms with E-state index < -0.39 is 41.7 Å². The number of primary sulfonamides is 1. The van der Waals surface area contributed by atoms with Gasteiger partial charge >= 0.3 is 0 Å². The Morgan fingerprint density at radius 2 is 1.95 bits per heavy atom. The molecule has 0 amide bonds. The molecule has 104 valence electrons. The average molecular weight is 307 g/mol. The zero-order valence-corrected chi connectivity index (χ0v) is 11.3. The van der Waals surface area contributed by atoms with Crippen LogP contribution in [0, 0.1) is 17.1 Å². The topological polar surface area (TPSA) is 130 Å². The van der Waals surface area contributed by atoms with Crippen molar-refractivity contribution in [3.05, 3.63) is 24.0 Å². The molecule has 0 saturated carbocycles. The Hall–Kier alpha value is -1.70. The quantitative estimate of drug-likeness (QED) is 0.816. The van der Waals surface area contributed by atoms with E-state index in [1.54, 1.807) is 4.72 Å². The number of nitrogens with two attached hydrogens (primary N) is 1. The normalized spacial score (nSPS) is 13.6. The van der Waals surface area contributed by atoms with Crippen LogP contribution in [0.2, 0.25) is 0 Å². The minimum atomic E-state index is -4.13. The van der Waals surface area contributed by atoms with Crippen molar-refractivity contribution in [1.82, 2.24) is 0 Å². The van der Waals surface area contributed by atoms with Gasteiger partial charge in [-0.2, -0.15) is 5.26 Å². The fraction of sp³-hybridized carbons (Fsp3) is 0.222. The number of nitrogens with zero attached hydrogens (tertiary/aromatic N) is 1. The van der Waals surface area contributed by atoms with Gasteiger partial charge in [0.25, 0.3) is 0 Å². The molecule has 1 aromatic carbocycles. The standard InChI is InChI=1S/C9H10FN3O4S2/c1-6(5-11)19(16,17)13-9-4-7(18(12,14)15)2-3-8(9)10/h2-4,6,13H,1H3,(H2,12,14,15). The minimum Gasteiger partial charge on any atom is -0.279 e. The van der Waals surface area contributed by atoms with E-state index in [2.05, 4.69) is 0 Å². The molecule has 0 spiro atoms. The summed E-state index contributed by atoms with van der Waals surface area (Å²) in [4.78, 5) is -0.448. The maximum atomic E-state index is 13.4. The molecule has 1 aromatic rings. The van der Waals surface area contributed by atoms with Crippen LogP contribution in [0.4, 0.5) is 10.1 Å². The Kier molecular flexibility index (Phi) is 4.14. The molecule has 0 saturated heterocycles. The van der Waals surface area contributed by atoms with Crippen LogP contribution >= 0.6 is 0 Å². The molecule has 0 heterocycles. The molecule has 19 heavy (non-hydrogen) atoms. The van der Waals surface area contributed by atoms with Crippen molar-refractivity contribution in [2.24, 2.45) is 5.14 Å². The first kappa shape index (κ1) is 15.4. The monoisotopic (exact) mass is 307 g/mol. The van der Waals surface area contributed by atoms with Crippen LogP contribution in [0.3, 0.4) is 0 Å². The molecule has 0 aromatic heterocycles. The van der Waals surface area contributed by atoms with Gasteiger partial charge in [-0.1, -0.05) is 0 Å². The molecule has 0 aliphatic carbocycles. The van der Waals surface area contributed by atoms with Crippen molar-refractivity contribution < 1.29 is 21.2 Å². The first-order valence-electron chi connectivity index (χ1n) is 4.81. The van der Waals surface area contributed by atoms with Crippen molar-refractivity contribution in [1.29, 1.82) is 5.26 Å². The van der Waals surface area contributed by atoms with E-state index in [4.69, 9.17) is 10.4 Å². The summed E-state index contributed by atoms with van der Waals surface area (Å²) in [6.45, 7) is 1.10. The number of halogens is 1. The molecular weight excluding hydrogens is 297 g/mol. The summed E-state index contributed by atoms with van der Waals surface area (Å²) in [6, 6.07) is 3.87. The third kappa shape index (κ3) is 3.63. The van der Waals surface area contributed by atoms with Crippen molar-refractivity contribution >= 4 is 25.7 Å². The third-order valence-electron chi connectivity index (χ3n) is 2.17. The summed E-state index contributed by atoms with van der Waals surface area (Å²) >= 11 is 0. The second-order valence-electron chi connectivity index (χ2n) is 3.61. The Morgan fingerprint density at radius 1 is 1.37 bits per heavy atom.